The van der Waals surface area contributed by atoms with Gasteiger partial charge in [0.2, 0.25) is 0 Å². The monoisotopic (exact) mass is 346 g/mol. The highest BCUT2D eigenvalue weighted by Crippen LogP contribution is 2.25. The number of rotatable bonds is 4. The Bertz CT molecular complexity index is 846. The van der Waals surface area contributed by atoms with E-state index in [1.807, 2.05) is 6.07 Å². The van der Waals surface area contributed by atoms with Crippen molar-refractivity contribution in [2.45, 2.75) is 23.8 Å². The minimum atomic E-state index is -3.69. The van der Waals surface area contributed by atoms with Crippen molar-refractivity contribution < 1.29 is 13.2 Å². The molecule has 3 rings (SSSR count). The molecular weight excluding hydrogens is 328 g/mol. The first-order chi connectivity index (χ1) is 11.5. The van der Waals surface area contributed by atoms with E-state index >= 15 is 0 Å². The lowest BCUT2D eigenvalue weighted by Crippen LogP contribution is -2.26. The molecule has 0 aliphatic carbocycles. The summed E-state index contributed by atoms with van der Waals surface area (Å²) in [6.07, 6.45) is 4.61. The van der Waals surface area contributed by atoms with Crippen LogP contribution in [0.4, 0.5) is 5.69 Å². The van der Waals surface area contributed by atoms with Gasteiger partial charge in [0.15, 0.2) is 0 Å². The van der Waals surface area contributed by atoms with E-state index in [1.54, 1.807) is 35.1 Å². The zero-order valence-electron chi connectivity index (χ0n) is 13.3. The predicted molar refractivity (Wildman–Crippen MR) is 88.1 cm³/mol. The third-order valence-corrected chi connectivity index (χ3v) is 5.90. The zero-order chi connectivity index (χ0) is 17.2. The maximum Gasteiger partial charge on any atom is 0.267 e. The summed E-state index contributed by atoms with van der Waals surface area (Å²) in [6.45, 7) is 1.33. The largest absolute Gasteiger partial charge is 0.381 e. The SMILES string of the molecule is CN(c1ccc(C#N)cc1)S(=O)(=O)c1cnn(C2CCOCC2)c1. The topological polar surface area (TPSA) is 88.2 Å². The molecule has 2 heterocycles. The molecule has 24 heavy (non-hydrogen) atoms. The Kier molecular flexibility index (Phi) is 4.55. The number of nitrogens with zero attached hydrogens (tertiary/aromatic N) is 4. The third kappa shape index (κ3) is 3.13. The first-order valence-electron chi connectivity index (χ1n) is 7.63. The van der Waals surface area contributed by atoms with Crippen LogP contribution in [0, 0.1) is 11.3 Å². The maximum absolute atomic E-state index is 12.8. The lowest BCUT2D eigenvalue weighted by molar-refractivity contribution is 0.0662. The molecule has 1 fully saturated rings. The number of anilines is 1. The molecule has 2 aromatic rings. The highest BCUT2D eigenvalue weighted by molar-refractivity contribution is 7.92. The second-order valence-corrected chi connectivity index (χ2v) is 7.60. The summed E-state index contributed by atoms with van der Waals surface area (Å²) in [4.78, 5) is 0.154. The van der Waals surface area contributed by atoms with Gasteiger partial charge in [-0.15, -0.1) is 0 Å². The van der Waals surface area contributed by atoms with Crippen LogP contribution >= 0.6 is 0 Å². The summed E-state index contributed by atoms with van der Waals surface area (Å²) < 4.78 is 33.8. The molecule has 0 bridgehead atoms. The Morgan fingerprint density at radius 1 is 1.29 bits per heavy atom. The normalized spacial score (nSPS) is 15.8. The van der Waals surface area contributed by atoms with Gasteiger partial charge in [0.1, 0.15) is 4.90 Å². The standard InChI is InChI=1S/C16H18N4O3S/c1-19(14-4-2-13(10-17)3-5-14)24(21,22)16-11-18-20(12-16)15-6-8-23-9-7-15/h2-5,11-12,15H,6-9H2,1H3. The summed E-state index contributed by atoms with van der Waals surface area (Å²) in [5.74, 6) is 0. The zero-order valence-corrected chi connectivity index (χ0v) is 14.1. The van der Waals surface area contributed by atoms with Crippen LogP contribution in [-0.4, -0.2) is 38.5 Å². The molecule has 1 aromatic carbocycles. The van der Waals surface area contributed by atoms with Crippen molar-refractivity contribution in [2.75, 3.05) is 24.6 Å². The van der Waals surface area contributed by atoms with Crippen LogP contribution in [0.25, 0.3) is 0 Å². The highest BCUT2D eigenvalue weighted by Gasteiger charge is 2.25. The number of hydrogen-bond acceptors (Lipinski definition) is 5. The summed E-state index contributed by atoms with van der Waals surface area (Å²) in [5, 5.41) is 13.1. The molecule has 0 spiro atoms. The molecule has 0 N–H and O–H groups in total. The number of sulfonamides is 1. The molecule has 1 aromatic heterocycles. The van der Waals surface area contributed by atoms with Crippen LogP contribution < -0.4 is 4.31 Å². The van der Waals surface area contributed by atoms with Crippen molar-refractivity contribution in [2.24, 2.45) is 0 Å². The molecule has 0 unspecified atom stereocenters. The molecule has 126 valence electrons. The summed E-state index contributed by atoms with van der Waals surface area (Å²) in [5.41, 5.74) is 0.977. The average molecular weight is 346 g/mol. The van der Waals surface area contributed by atoms with Gasteiger partial charge in [0.25, 0.3) is 10.0 Å². The molecule has 0 atom stereocenters. The third-order valence-electron chi connectivity index (χ3n) is 4.16. The summed E-state index contributed by atoms with van der Waals surface area (Å²) in [7, 11) is -2.21. The van der Waals surface area contributed by atoms with E-state index in [4.69, 9.17) is 10.00 Å². The van der Waals surface area contributed by atoms with E-state index in [1.165, 1.54) is 17.5 Å². The molecular formula is C16H18N4O3S. The summed E-state index contributed by atoms with van der Waals surface area (Å²) >= 11 is 0. The predicted octanol–water partition coefficient (Wildman–Crippen LogP) is 1.93. The minimum Gasteiger partial charge on any atom is -0.381 e. The fourth-order valence-electron chi connectivity index (χ4n) is 2.65. The number of aromatic nitrogens is 2. The van der Waals surface area contributed by atoms with E-state index in [2.05, 4.69) is 5.10 Å². The van der Waals surface area contributed by atoms with Crippen LogP contribution in [0.2, 0.25) is 0 Å². The molecule has 0 saturated carbocycles. The molecule has 0 amide bonds. The van der Waals surface area contributed by atoms with E-state index in [-0.39, 0.29) is 10.9 Å². The fourth-order valence-corrected chi connectivity index (χ4v) is 3.78. The maximum atomic E-state index is 12.8. The Labute approximate surface area is 141 Å². The Balaban J connectivity index is 1.84. The second kappa shape index (κ2) is 6.63. The smallest absolute Gasteiger partial charge is 0.267 e. The minimum absolute atomic E-state index is 0.154. The van der Waals surface area contributed by atoms with Crippen LogP contribution in [0.15, 0.2) is 41.6 Å². The van der Waals surface area contributed by atoms with E-state index < -0.39 is 10.0 Å². The van der Waals surface area contributed by atoms with Gasteiger partial charge in [-0.25, -0.2) is 8.42 Å². The van der Waals surface area contributed by atoms with Crippen molar-refractivity contribution in [3.63, 3.8) is 0 Å². The molecule has 8 heteroatoms. The highest BCUT2D eigenvalue weighted by atomic mass is 32.2. The number of hydrogen-bond donors (Lipinski definition) is 0. The van der Waals surface area contributed by atoms with Crippen molar-refractivity contribution in [3.05, 3.63) is 42.2 Å². The van der Waals surface area contributed by atoms with Gasteiger partial charge in [-0.1, -0.05) is 0 Å². The van der Waals surface area contributed by atoms with Crippen molar-refractivity contribution >= 4 is 15.7 Å². The van der Waals surface area contributed by atoms with Gasteiger partial charge in [-0.05, 0) is 37.1 Å². The van der Waals surface area contributed by atoms with Crippen molar-refractivity contribution in [3.8, 4) is 6.07 Å². The lowest BCUT2D eigenvalue weighted by Gasteiger charge is -2.22. The van der Waals surface area contributed by atoms with Gasteiger partial charge >= 0.3 is 0 Å². The van der Waals surface area contributed by atoms with Gasteiger partial charge < -0.3 is 4.74 Å². The fraction of sp³-hybridized carbons (Fsp3) is 0.375. The summed E-state index contributed by atoms with van der Waals surface area (Å²) in [6, 6.07) is 8.58. The van der Waals surface area contributed by atoms with E-state index in [0.29, 0.717) is 24.5 Å². The van der Waals surface area contributed by atoms with Gasteiger partial charge in [-0.3, -0.25) is 8.99 Å². The molecule has 1 aliphatic rings. The van der Waals surface area contributed by atoms with E-state index in [9.17, 15) is 8.42 Å². The number of nitriles is 1. The number of ether oxygens (including phenoxy) is 1. The molecule has 7 nitrogen and oxygen atoms in total. The average Bonchev–Trinajstić information content (AvgIpc) is 3.13. The van der Waals surface area contributed by atoms with Gasteiger partial charge in [0.05, 0.1) is 29.6 Å². The van der Waals surface area contributed by atoms with E-state index in [0.717, 1.165) is 12.8 Å². The Morgan fingerprint density at radius 3 is 2.58 bits per heavy atom. The lowest BCUT2D eigenvalue weighted by atomic mass is 10.1. The quantitative estimate of drug-likeness (QED) is 0.844. The second-order valence-electron chi connectivity index (χ2n) is 5.63. The molecule has 1 aliphatic heterocycles. The molecule has 1 saturated heterocycles. The van der Waals surface area contributed by atoms with Crippen LogP contribution in [-0.2, 0) is 14.8 Å². The van der Waals surface area contributed by atoms with Crippen molar-refractivity contribution in [1.82, 2.24) is 9.78 Å². The Hall–Kier alpha value is -2.37. The number of benzene rings is 1. The van der Waals surface area contributed by atoms with Crippen LogP contribution in [0.3, 0.4) is 0 Å². The Morgan fingerprint density at radius 2 is 1.96 bits per heavy atom. The van der Waals surface area contributed by atoms with Gasteiger partial charge in [-0.2, -0.15) is 10.4 Å². The first-order valence-corrected chi connectivity index (χ1v) is 9.07. The van der Waals surface area contributed by atoms with Gasteiger partial charge in [0, 0.05) is 26.5 Å². The van der Waals surface area contributed by atoms with Crippen LogP contribution in [0.5, 0.6) is 0 Å². The molecule has 0 radical (unpaired) electrons. The first kappa shape index (κ1) is 16.5. The van der Waals surface area contributed by atoms with Crippen LogP contribution in [0.1, 0.15) is 24.4 Å². The van der Waals surface area contributed by atoms with Crippen molar-refractivity contribution in [1.29, 1.82) is 5.26 Å².